The van der Waals surface area contributed by atoms with Crippen molar-refractivity contribution in [3.63, 3.8) is 0 Å². The van der Waals surface area contributed by atoms with E-state index < -0.39 is 0 Å². The molecule has 1 aromatic carbocycles. The third-order valence-corrected chi connectivity index (χ3v) is 2.67. The molecule has 0 saturated heterocycles. The second kappa shape index (κ2) is 9.67. The highest BCUT2D eigenvalue weighted by Crippen LogP contribution is 2.25. The van der Waals surface area contributed by atoms with Crippen LogP contribution in [0.25, 0.3) is 0 Å². The molecular formula is C16H22N2O3. The Morgan fingerprint density at radius 1 is 1.43 bits per heavy atom. The zero-order valence-corrected chi connectivity index (χ0v) is 12.4. The summed E-state index contributed by atoms with van der Waals surface area (Å²) in [5.74, 6) is 3.41. The van der Waals surface area contributed by atoms with Crippen molar-refractivity contribution >= 4 is 5.91 Å². The molecule has 0 aromatic heterocycles. The molecule has 0 atom stereocenters. The van der Waals surface area contributed by atoms with E-state index in [0.29, 0.717) is 25.3 Å². The van der Waals surface area contributed by atoms with Gasteiger partial charge in [0.15, 0.2) is 6.61 Å². The molecule has 5 heteroatoms. The van der Waals surface area contributed by atoms with Gasteiger partial charge in [-0.05, 0) is 31.0 Å². The molecule has 3 N–H and O–H groups in total. The van der Waals surface area contributed by atoms with Crippen LogP contribution in [0.5, 0.6) is 11.5 Å². The molecule has 1 amide bonds. The van der Waals surface area contributed by atoms with Crippen LogP contribution in [0.4, 0.5) is 0 Å². The minimum Gasteiger partial charge on any atom is -0.493 e. The molecule has 0 aliphatic carbocycles. The number of carbonyl (C=O) groups excluding carboxylic acids is 1. The van der Waals surface area contributed by atoms with Crippen LogP contribution in [0.2, 0.25) is 0 Å². The number of terminal acetylenes is 1. The quantitative estimate of drug-likeness (QED) is 0.668. The number of benzene rings is 1. The second-order valence-corrected chi connectivity index (χ2v) is 4.43. The number of rotatable bonds is 9. The molecule has 0 saturated carbocycles. The Morgan fingerprint density at radius 3 is 2.90 bits per heavy atom. The van der Waals surface area contributed by atoms with Gasteiger partial charge in [0.1, 0.15) is 11.5 Å². The third-order valence-electron chi connectivity index (χ3n) is 2.67. The zero-order valence-electron chi connectivity index (χ0n) is 12.4. The lowest BCUT2D eigenvalue weighted by molar-refractivity contribution is -0.122. The first-order valence-corrected chi connectivity index (χ1v) is 7.00. The van der Waals surface area contributed by atoms with Gasteiger partial charge < -0.3 is 20.5 Å². The molecule has 0 heterocycles. The standard InChI is InChI=1S/C16H22N2O3/c1-3-9-18-16(19)12-21-15-11-14(20-10-4-2)6-5-13(15)7-8-17/h1,5-6,11H,4,7-10,12,17H2,2H3,(H,18,19). The summed E-state index contributed by atoms with van der Waals surface area (Å²) in [5.41, 5.74) is 6.53. The van der Waals surface area contributed by atoms with E-state index >= 15 is 0 Å². The van der Waals surface area contributed by atoms with E-state index in [1.807, 2.05) is 19.1 Å². The molecule has 0 radical (unpaired) electrons. The van der Waals surface area contributed by atoms with Crippen LogP contribution < -0.4 is 20.5 Å². The van der Waals surface area contributed by atoms with Gasteiger partial charge >= 0.3 is 0 Å². The second-order valence-electron chi connectivity index (χ2n) is 4.43. The van der Waals surface area contributed by atoms with Crippen molar-refractivity contribution in [3.8, 4) is 23.8 Å². The Kier molecular flexibility index (Phi) is 7.77. The predicted molar refractivity (Wildman–Crippen MR) is 82.3 cm³/mol. The summed E-state index contributed by atoms with van der Waals surface area (Å²) in [6, 6.07) is 5.58. The maximum atomic E-state index is 11.5. The Balaban J connectivity index is 2.71. The summed E-state index contributed by atoms with van der Waals surface area (Å²) >= 11 is 0. The van der Waals surface area contributed by atoms with Gasteiger partial charge in [-0.3, -0.25) is 4.79 Å². The Labute approximate surface area is 125 Å². The number of carbonyl (C=O) groups is 1. The fourth-order valence-electron chi connectivity index (χ4n) is 1.68. The molecule has 0 fully saturated rings. The van der Waals surface area contributed by atoms with Gasteiger partial charge in [0.2, 0.25) is 0 Å². The molecule has 21 heavy (non-hydrogen) atoms. The largest absolute Gasteiger partial charge is 0.493 e. The van der Waals surface area contributed by atoms with E-state index in [1.165, 1.54) is 0 Å². The van der Waals surface area contributed by atoms with Crippen molar-refractivity contribution in [1.82, 2.24) is 5.32 Å². The highest BCUT2D eigenvalue weighted by atomic mass is 16.5. The molecule has 0 aliphatic heterocycles. The van der Waals surface area contributed by atoms with Crippen molar-refractivity contribution in [1.29, 1.82) is 0 Å². The fraction of sp³-hybridized carbons (Fsp3) is 0.438. The van der Waals surface area contributed by atoms with Gasteiger partial charge in [-0.15, -0.1) is 6.42 Å². The first-order valence-electron chi connectivity index (χ1n) is 7.00. The summed E-state index contributed by atoms with van der Waals surface area (Å²) in [7, 11) is 0. The number of hydrogen-bond acceptors (Lipinski definition) is 4. The van der Waals surface area contributed by atoms with E-state index in [0.717, 1.165) is 17.7 Å². The van der Waals surface area contributed by atoms with Crippen LogP contribution >= 0.6 is 0 Å². The van der Waals surface area contributed by atoms with Crippen LogP contribution in [0.15, 0.2) is 18.2 Å². The topological polar surface area (TPSA) is 73.6 Å². The number of nitrogens with two attached hydrogens (primary N) is 1. The fourth-order valence-corrected chi connectivity index (χ4v) is 1.68. The van der Waals surface area contributed by atoms with E-state index in [4.69, 9.17) is 21.6 Å². The van der Waals surface area contributed by atoms with Crippen LogP contribution in [0.1, 0.15) is 18.9 Å². The van der Waals surface area contributed by atoms with E-state index in [2.05, 4.69) is 11.2 Å². The first-order chi connectivity index (χ1) is 10.2. The summed E-state index contributed by atoms with van der Waals surface area (Å²) in [4.78, 5) is 11.5. The molecule has 0 aliphatic rings. The summed E-state index contributed by atoms with van der Waals surface area (Å²) in [5, 5.41) is 2.55. The summed E-state index contributed by atoms with van der Waals surface area (Å²) in [6.45, 7) is 3.29. The Morgan fingerprint density at radius 2 is 2.24 bits per heavy atom. The number of ether oxygens (including phenoxy) is 2. The van der Waals surface area contributed by atoms with Crippen LogP contribution in [0, 0.1) is 12.3 Å². The number of hydrogen-bond donors (Lipinski definition) is 2. The first kappa shape index (κ1) is 16.9. The maximum Gasteiger partial charge on any atom is 0.258 e. The van der Waals surface area contributed by atoms with Gasteiger partial charge in [-0.1, -0.05) is 18.9 Å². The van der Waals surface area contributed by atoms with Crippen LogP contribution in [-0.4, -0.2) is 32.2 Å². The van der Waals surface area contributed by atoms with E-state index in [-0.39, 0.29) is 19.1 Å². The third kappa shape index (κ3) is 6.19. The van der Waals surface area contributed by atoms with Crippen molar-refractivity contribution in [2.45, 2.75) is 19.8 Å². The van der Waals surface area contributed by atoms with Crippen LogP contribution in [-0.2, 0) is 11.2 Å². The summed E-state index contributed by atoms with van der Waals surface area (Å²) in [6.07, 6.45) is 6.68. The average molecular weight is 290 g/mol. The maximum absolute atomic E-state index is 11.5. The molecule has 0 spiro atoms. The minimum absolute atomic E-state index is 0.0868. The zero-order chi connectivity index (χ0) is 15.5. The Bertz CT molecular complexity index is 495. The molecular weight excluding hydrogens is 268 g/mol. The minimum atomic E-state index is -0.258. The van der Waals surface area contributed by atoms with E-state index in [1.54, 1.807) is 6.07 Å². The van der Waals surface area contributed by atoms with E-state index in [9.17, 15) is 4.79 Å². The molecule has 5 nitrogen and oxygen atoms in total. The van der Waals surface area contributed by atoms with Crippen LogP contribution in [0.3, 0.4) is 0 Å². The van der Waals surface area contributed by atoms with Gasteiger partial charge in [0, 0.05) is 6.07 Å². The number of nitrogens with one attached hydrogen (secondary N) is 1. The van der Waals surface area contributed by atoms with Gasteiger partial charge in [-0.2, -0.15) is 0 Å². The molecule has 0 unspecified atom stereocenters. The van der Waals surface area contributed by atoms with Crippen molar-refractivity contribution in [2.75, 3.05) is 26.3 Å². The smallest absolute Gasteiger partial charge is 0.258 e. The Hall–Kier alpha value is -2.19. The lowest BCUT2D eigenvalue weighted by Crippen LogP contribution is -2.29. The van der Waals surface area contributed by atoms with Crippen molar-refractivity contribution in [2.24, 2.45) is 5.73 Å². The highest BCUT2D eigenvalue weighted by molar-refractivity contribution is 5.77. The van der Waals surface area contributed by atoms with Gasteiger partial charge in [-0.25, -0.2) is 0 Å². The SMILES string of the molecule is C#CCNC(=O)COc1cc(OCCC)ccc1CCN. The van der Waals surface area contributed by atoms with Crippen molar-refractivity contribution in [3.05, 3.63) is 23.8 Å². The predicted octanol–water partition coefficient (Wildman–Crippen LogP) is 1.10. The monoisotopic (exact) mass is 290 g/mol. The molecule has 0 bridgehead atoms. The lowest BCUT2D eigenvalue weighted by atomic mass is 10.1. The summed E-state index contributed by atoms with van der Waals surface area (Å²) < 4.78 is 11.1. The molecule has 1 rings (SSSR count). The number of amides is 1. The van der Waals surface area contributed by atoms with Gasteiger partial charge in [0.05, 0.1) is 13.2 Å². The van der Waals surface area contributed by atoms with Crippen molar-refractivity contribution < 1.29 is 14.3 Å². The normalized spacial score (nSPS) is 9.76. The molecule has 114 valence electrons. The lowest BCUT2D eigenvalue weighted by Gasteiger charge is -2.13. The van der Waals surface area contributed by atoms with Gasteiger partial charge in [0.25, 0.3) is 5.91 Å². The highest BCUT2D eigenvalue weighted by Gasteiger charge is 2.08. The molecule has 1 aromatic rings. The average Bonchev–Trinajstić information content (AvgIpc) is 2.50.